The van der Waals surface area contributed by atoms with E-state index in [0.717, 1.165) is 12.1 Å². The second-order valence-electron chi connectivity index (χ2n) is 6.14. The minimum Gasteiger partial charge on any atom is -0.508 e. The molecule has 1 N–H and O–H groups in total. The molecule has 0 spiro atoms. The largest absolute Gasteiger partial charge is 0.508 e. The van der Waals surface area contributed by atoms with Gasteiger partial charge in [0, 0.05) is 30.1 Å². The molecular formula is C19H22N2O. The highest BCUT2D eigenvalue weighted by atomic mass is 16.3. The number of aliphatic imine (C=N–C) groups is 1. The molecule has 3 rings (SSSR count). The lowest BCUT2D eigenvalue weighted by Gasteiger charge is -2.31. The highest BCUT2D eigenvalue weighted by Gasteiger charge is 2.23. The standard InChI is InChI=1S/C19H22N2O/c1-13(2)21-12-18(15-7-9-16(22)10-8-15)20-11-17-14(3)5-4-6-19(17)21/h4-11,13,18,22H,12H2,1-3H3. The molecule has 0 amide bonds. The van der Waals surface area contributed by atoms with Gasteiger partial charge in [-0.2, -0.15) is 0 Å². The summed E-state index contributed by atoms with van der Waals surface area (Å²) < 4.78 is 0. The molecule has 0 aliphatic carbocycles. The van der Waals surface area contributed by atoms with Crippen molar-refractivity contribution in [2.24, 2.45) is 4.99 Å². The van der Waals surface area contributed by atoms with E-state index in [4.69, 9.17) is 4.99 Å². The van der Waals surface area contributed by atoms with Crippen molar-refractivity contribution >= 4 is 11.9 Å². The smallest absolute Gasteiger partial charge is 0.115 e. The molecule has 0 fully saturated rings. The van der Waals surface area contributed by atoms with Crippen molar-refractivity contribution < 1.29 is 5.11 Å². The Labute approximate surface area is 131 Å². The van der Waals surface area contributed by atoms with Gasteiger partial charge in [0.25, 0.3) is 0 Å². The number of anilines is 1. The van der Waals surface area contributed by atoms with E-state index in [9.17, 15) is 5.11 Å². The first-order valence-corrected chi connectivity index (χ1v) is 7.74. The number of benzene rings is 2. The number of aryl methyl sites for hydroxylation is 1. The molecule has 3 nitrogen and oxygen atoms in total. The average Bonchev–Trinajstić information content (AvgIpc) is 2.69. The molecule has 2 aromatic rings. The summed E-state index contributed by atoms with van der Waals surface area (Å²) in [4.78, 5) is 7.22. The van der Waals surface area contributed by atoms with E-state index in [0.29, 0.717) is 11.8 Å². The van der Waals surface area contributed by atoms with Crippen LogP contribution in [-0.4, -0.2) is 23.9 Å². The quantitative estimate of drug-likeness (QED) is 0.905. The Morgan fingerprint density at radius 3 is 2.55 bits per heavy atom. The minimum atomic E-state index is 0.0785. The molecule has 0 radical (unpaired) electrons. The number of phenols is 1. The molecule has 1 heterocycles. The zero-order valence-corrected chi connectivity index (χ0v) is 13.3. The van der Waals surface area contributed by atoms with Gasteiger partial charge in [-0.3, -0.25) is 4.99 Å². The van der Waals surface area contributed by atoms with E-state index < -0.39 is 0 Å². The summed E-state index contributed by atoms with van der Waals surface area (Å²) in [5.41, 5.74) is 4.83. The van der Waals surface area contributed by atoms with Crippen LogP contribution in [0.1, 0.15) is 36.6 Å². The first-order chi connectivity index (χ1) is 10.6. The van der Waals surface area contributed by atoms with Crippen LogP contribution >= 0.6 is 0 Å². The molecule has 1 aliphatic heterocycles. The number of phenolic OH excluding ortho intramolecular Hbond substituents is 1. The van der Waals surface area contributed by atoms with Crippen LogP contribution in [0.3, 0.4) is 0 Å². The van der Waals surface area contributed by atoms with Crippen LogP contribution in [0.5, 0.6) is 5.75 Å². The molecule has 1 unspecified atom stereocenters. The number of hydrogen-bond donors (Lipinski definition) is 1. The van der Waals surface area contributed by atoms with Gasteiger partial charge < -0.3 is 10.0 Å². The van der Waals surface area contributed by atoms with Crippen molar-refractivity contribution in [3.05, 3.63) is 59.2 Å². The van der Waals surface area contributed by atoms with Gasteiger partial charge in [-0.25, -0.2) is 0 Å². The highest BCUT2D eigenvalue weighted by molar-refractivity contribution is 5.91. The number of aromatic hydroxyl groups is 1. The maximum atomic E-state index is 9.48. The summed E-state index contributed by atoms with van der Waals surface area (Å²) in [7, 11) is 0. The van der Waals surface area contributed by atoms with E-state index in [1.807, 2.05) is 18.3 Å². The summed E-state index contributed by atoms with van der Waals surface area (Å²) >= 11 is 0. The third-order valence-corrected chi connectivity index (χ3v) is 4.26. The first-order valence-electron chi connectivity index (χ1n) is 7.74. The summed E-state index contributed by atoms with van der Waals surface area (Å²) in [5.74, 6) is 0.293. The fourth-order valence-corrected chi connectivity index (χ4v) is 2.96. The van der Waals surface area contributed by atoms with Crippen LogP contribution in [0.4, 0.5) is 5.69 Å². The monoisotopic (exact) mass is 294 g/mol. The van der Waals surface area contributed by atoms with Gasteiger partial charge in [0.05, 0.1) is 6.04 Å². The maximum absolute atomic E-state index is 9.48. The molecule has 3 heteroatoms. The van der Waals surface area contributed by atoms with Crippen LogP contribution in [-0.2, 0) is 0 Å². The molecule has 1 atom stereocenters. The zero-order chi connectivity index (χ0) is 15.7. The SMILES string of the molecule is Cc1cccc2c1C=NC(c1ccc(O)cc1)CN2C(C)C. The van der Waals surface area contributed by atoms with Gasteiger partial charge in [0.1, 0.15) is 5.75 Å². The Morgan fingerprint density at radius 2 is 1.86 bits per heavy atom. The lowest BCUT2D eigenvalue weighted by Crippen LogP contribution is -2.34. The van der Waals surface area contributed by atoms with E-state index in [-0.39, 0.29) is 6.04 Å². The second-order valence-corrected chi connectivity index (χ2v) is 6.14. The van der Waals surface area contributed by atoms with Crippen LogP contribution in [0.15, 0.2) is 47.5 Å². The Morgan fingerprint density at radius 1 is 1.14 bits per heavy atom. The minimum absolute atomic E-state index is 0.0785. The van der Waals surface area contributed by atoms with Crippen molar-refractivity contribution in [2.75, 3.05) is 11.4 Å². The Balaban J connectivity index is 2.03. The molecule has 0 aromatic heterocycles. The number of benzodiazepines with no additional fused rings is 1. The molecule has 0 bridgehead atoms. The predicted octanol–water partition coefficient (Wildman–Crippen LogP) is 4.09. The number of fused-ring (bicyclic) bond motifs is 1. The number of nitrogens with zero attached hydrogens (tertiary/aromatic N) is 2. The second kappa shape index (κ2) is 5.84. The lowest BCUT2D eigenvalue weighted by atomic mass is 10.0. The van der Waals surface area contributed by atoms with E-state index >= 15 is 0 Å². The molecular weight excluding hydrogens is 272 g/mol. The van der Waals surface area contributed by atoms with Gasteiger partial charge in [-0.1, -0.05) is 24.3 Å². The topological polar surface area (TPSA) is 35.8 Å². The molecule has 0 saturated heterocycles. The van der Waals surface area contributed by atoms with Crippen molar-refractivity contribution in [2.45, 2.75) is 32.9 Å². The maximum Gasteiger partial charge on any atom is 0.115 e. The normalized spacial score (nSPS) is 17.5. The summed E-state index contributed by atoms with van der Waals surface area (Å²) in [6.45, 7) is 7.40. The lowest BCUT2D eigenvalue weighted by molar-refractivity contribution is 0.474. The fraction of sp³-hybridized carbons (Fsp3) is 0.316. The molecule has 0 saturated carbocycles. The molecule has 2 aromatic carbocycles. The molecule has 114 valence electrons. The van der Waals surface area contributed by atoms with Gasteiger partial charge in [-0.15, -0.1) is 0 Å². The predicted molar refractivity (Wildman–Crippen MR) is 92.1 cm³/mol. The van der Waals surface area contributed by atoms with Crippen molar-refractivity contribution in [1.29, 1.82) is 0 Å². The third-order valence-electron chi connectivity index (χ3n) is 4.26. The van der Waals surface area contributed by atoms with Crippen molar-refractivity contribution in [3.8, 4) is 5.75 Å². The van der Waals surface area contributed by atoms with Gasteiger partial charge in [0.15, 0.2) is 0 Å². The van der Waals surface area contributed by atoms with Crippen LogP contribution < -0.4 is 4.90 Å². The Hall–Kier alpha value is -2.29. The third kappa shape index (κ3) is 2.71. The zero-order valence-electron chi connectivity index (χ0n) is 13.3. The van der Waals surface area contributed by atoms with Crippen molar-refractivity contribution in [3.63, 3.8) is 0 Å². The van der Waals surface area contributed by atoms with Crippen LogP contribution in [0, 0.1) is 6.92 Å². The Kier molecular flexibility index (Phi) is 3.88. The molecule has 1 aliphatic rings. The highest BCUT2D eigenvalue weighted by Crippen LogP contribution is 2.31. The van der Waals surface area contributed by atoms with Gasteiger partial charge >= 0.3 is 0 Å². The number of hydrogen-bond acceptors (Lipinski definition) is 3. The van der Waals surface area contributed by atoms with Crippen LogP contribution in [0.2, 0.25) is 0 Å². The van der Waals surface area contributed by atoms with E-state index in [1.54, 1.807) is 12.1 Å². The summed E-state index contributed by atoms with van der Waals surface area (Å²) in [5, 5.41) is 9.48. The average molecular weight is 294 g/mol. The Bertz CT molecular complexity index is 689. The first kappa shape index (κ1) is 14.6. The van der Waals surface area contributed by atoms with Crippen LogP contribution in [0.25, 0.3) is 0 Å². The van der Waals surface area contributed by atoms with E-state index in [1.165, 1.54) is 16.8 Å². The number of rotatable bonds is 2. The fourth-order valence-electron chi connectivity index (χ4n) is 2.96. The van der Waals surface area contributed by atoms with Gasteiger partial charge in [0.2, 0.25) is 0 Å². The van der Waals surface area contributed by atoms with Gasteiger partial charge in [-0.05, 0) is 50.1 Å². The summed E-state index contributed by atoms with van der Waals surface area (Å²) in [6, 6.07) is 14.3. The van der Waals surface area contributed by atoms with Crippen molar-refractivity contribution in [1.82, 2.24) is 0 Å². The van der Waals surface area contributed by atoms with E-state index in [2.05, 4.69) is 43.9 Å². The molecule has 22 heavy (non-hydrogen) atoms. The summed E-state index contributed by atoms with van der Waals surface area (Å²) in [6.07, 6.45) is 2.00.